The molecule has 1 aromatic heterocycles. The summed E-state index contributed by atoms with van der Waals surface area (Å²) < 4.78 is 0. The number of hydroxylamine groups is 1. The normalized spacial score (nSPS) is 24.4. The molecule has 1 aromatic rings. The molecule has 1 aliphatic rings. The zero-order chi connectivity index (χ0) is 13.1. The highest BCUT2D eigenvalue weighted by molar-refractivity contribution is 7.10. The van der Waals surface area contributed by atoms with Gasteiger partial charge in [-0.15, -0.1) is 11.3 Å². The van der Waals surface area contributed by atoms with E-state index in [2.05, 4.69) is 0 Å². The Morgan fingerprint density at radius 2 is 2.44 bits per heavy atom. The highest BCUT2D eigenvalue weighted by Gasteiger charge is 2.36. The van der Waals surface area contributed by atoms with Gasteiger partial charge in [0.1, 0.15) is 0 Å². The van der Waals surface area contributed by atoms with Crippen LogP contribution in [0.5, 0.6) is 0 Å². The van der Waals surface area contributed by atoms with Crippen molar-refractivity contribution in [3.63, 3.8) is 0 Å². The number of aliphatic hydroxyl groups is 1. The van der Waals surface area contributed by atoms with Gasteiger partial charge in [-0.2, -0.15) is 0 Å². The van der Waals surface area contributed by atoms with Crippen LogP contribution in [0.15, 0.2) is 11.4 Å². The number of amides is 1. The SMILES string of the molecule is CN1CCc2sccc2C(CCO)C1C(=O)NO. The van der Waals surface area contributed by atoms with Crippen LogP contribution in [-0.2, 0) is 11.2 Å². The van der Waals surface area contributed by atoms with E-state index in [1.807, 2.05) is 23.4 Å². The summed E-state index contributed by atoms with van der Waals surface area (Å²) in [6.07, 6.45) is 1.42. The van der Waals surface area contributed by atoms with E-state index in [0.717, 1.165) is 18.5 Å². The van der Waals surface area contributed by atoms with Crippen molar-refractivity contribution >= 4 is 17.2 Å². The zero-order valence-corrected chi connectivity index (χ0v) is 11.1. The lowest BCUT2D eigenvalue weighted by Crippen LogP contribution is -2.47. The minimum absolute atomic E-state index is 0.0308. The number of rotatable bonds is 3. The monoisotopic (exact) mass is 270 g/mol. The molecule has 0 bridgehead atoms. The van der Waals surface area contributed by atoms with E-state index in [4.69, 9.17) is 5.21 Å². The second-order valence-electron chi connectivity index (χ2n) is 4.57. The molecule has 0 radical (unpaired) electrons. The number of nitrogens with one attached hydrogen (secondary N) is 1. The van der Waals surface area contributed by atoms with Crippen molar-refractivity contribution in [1.29, 1.82) is 0 Å². The molecular weight excluding hydrogens is 252 g/mol. The number of likely N-dealkylation sites (N-methyl/N-ethyl adjacent to an activating group) is 1. The molecule has 2 unspecified atom stereocenters. The third-order valence-corrected chi connectivity index (χ3v) is 4.54. The van der Waals surface area contributed by atoms with Crippen molar-refractivity contribution in [2.45, 2.75) is 24.8 Å². The maximum absolute atomic E-state index is 11.9. The van der Waals surface area contributed by atoms with Gasteiger partial charge in [-0.05, 0) is 36.9 Å². The largest absolute Gasteiger partial charge is 0.396 e. The molecular formula is C12H18N2O3S. The predicted octanol–water partition coefficient (Wildman–Crippen LogP) is 0.576. The molecule has 18 heavy (non-hydrogen) atoms. The van der Waals surface area contributed by atoms with Crippen molar-refractivity contribution in [3.8, 4) is 0 Å². The molecule has 6 heteroatoms. The summed E-state index contributed by atoms with van der Waals surface area (Å²) in [7, 11) is 1.88. The number of nitrogens with zero attached hydrogens (tertiary/aromatic N) is 1. The number of hydrogen-bond acceptors (Lipinski definition) is 5. The molecule has 2 atom stereocenters. The van der Waals surface area contributed by atoms with Gasteiger partial charge < -0.3 is 5.11 Å². The number of carbonyl (C=O) groups excluding carboxylic acids is 1. The Balaban J connectivity index is 2.38. The lowest BCUT2D eigenvalue weighted by atomic mass is 9.88. The fourth-order valence-electron chi connectivity index (χ4n) is 2.68. The van der Waals surface area contributed by atoms with Crippen LogP contribution in [0.1, 0.15) is 22.8 Å². The summed E-state index contributed by atoms with van der Waals surface area (Å²) in [5, 5.41) is 20.1. The highest BCUT2D eigenvalue weighted by Crippen LogP contribution is 2.35. The van der Waals surface area contributed by atoms with Crippen LogP contribution in [0.25, 0.3) is 0 Å². The van der Waals surface area contributed by atoms with Crippen LogP contribution in [0, 0.1) is 0 Å². The average Bonchev–Trinajstić information content (AvgIpc) is 2.78. The van der Waals surface area contributed by atoms with Crippen LogP contribution in [0.2, 0.25) is 0 Å². The molecule has 5 nitrogen and oxygen atoms in total. The summed E-state index contributed by atoms with van der Waals surface area (Å²) in [6, 6.07) is 1.59. The maximum atomic E-state index is 11.9. The first-order valence-corrected chi connectivity index (χ1v) is 6.88. The molecule has 0 aliphatic carbocycles. The van der Waals surface area contributed by atoms with Gasteiger partial charge in [0.2, 0.25) is 0 Å². The lowest BCUT2D eigenvalue weighted by molar-refractivity contribution is -0.135. The third-order valence-electron chi connectivity index (χ3n) is 3.55. The fraction of sp³-hybridized carbons (Fsp3) is 0.583. The molecule has 0 saturated carbocycles. The number of hydrogen-bond donors (Lipinski definition) is 3. The molecule has 0 saturated heterocycles. The van der Waals surface area contributed by atoms with E-state index in [1.54, 1.807) is 16.8 Å². The molecule has 2 heterocycles. The van der Waals surface area contributed by atoms with Gasteiger partial charge in [0, 0.05) is 23.9 Å². The molecule has 100 valence electrons. The molecule has 3 N–H and O–H groups in total. The van der Waals surface area contributed by atoms with Crippen molar-refractivity contribution in [2.75, 3.05) is 20.2 Å². The standard InChI is InChI=1S/C12H18N2O3S/c1-14-5-2-10-8(4-7-18-10)9(3-6-15)11(14)12(16)13-17/h4,7,9,11,15,17H,2-3,5-6H2,1H3,(H,13,16). The summed E-state index contributed by atoms with van der Waals surface area (Å²) in [6.45, 7) is 0.802. The van der Waals surface area contributed by atoms with Crippen LogP contribution < -0.4 is 5.48 Å². The number of thiophene rings is 1. The summed E-state index contributed by atoms with van der Waals surface area (Å²) in [4.78, 5) is 15.1. The Bertz CT molecular complexity index is 421. The van der Waals surface area contributed by atoms with Gasteiger partial charge in [-0.1, -0.05) is 0 Å². The molecule has 1 aliphatic heterocycles. The van der Waals surface area contributed by atoms with Crippen LogP contribution >= 0.6 is 11.3 Å². The van der Waals surface area contributed by atoms with Gasteiger partial charge in [0.05, 0.1) is 6.04 Å². The second-order valence-corrected chi connectivity index (χ2v) is 5.57. The molecule has 0 fully saturated rings. The van der Waals surface area contributed by atoms with Crippen LogP contribution in [-0.4, -0.2) is 47.4 Å². The van der Waals surface area contributed by atoms with Crippen LogP contribution in [0.4, 0.5) is 0 Å². The number of carbonyl (C=O) groups is 1. The van der Waals surface area contributed by atoms with Gasteiger partial charge in [0.25, 0.3) is 5.91 Å². The van der Waals surface area contributed by atoms with E-state index in [-0.39, 0.29) is 12.5 Å². The number of aliphatic hydroxyl groups excluding tert-OH is 1. The smallest absolute Gasteiger partial charge is 0.261 e. The molecule has 1 amide bonds. The fourth-order valence-corrected chi connectivity index (χ4v) is 3.62. The van der Waals surface area contributed by atoms with Gasteiger partial charge in [-0.3, -0.25) is 14.9 Å². The van der Waals surface area contributed by atoms with Gasteiger partial charge in [-0.25, -0.2) is 5.48 Å². The minimum atomic E-state index is -0.432. The van der Waals surface area contributed by atoms with Crippen LogP contribution in [0.3, 0.4) is 0 Å². The first-order valence-electron chi connectivity index (χ1n) is 6.00. The quantitative estimate of drug-likeness (QED) is 0.555. The third kappa shape index (κ3) is 2.42. The molecule has 0 aromatic carbocycles. The summed E-state index contributed by atoms with van der Waals surface area (Å²) in [5.41, 5.74) is 2.88. The summed E-state index contributed by atoms with van der Waals surface area (Å²) in [5.74, 6) is -0.481. The average molecular weight is 270 g/mol. The summed E-state index contributed by atoms with van der Waals surface area (Å²) >= 11 is 1.69. The first-order chi connectivity index (χ1) is 8.69. The second kappa shape index (κ2) is 5.79. The lowest BCUT2D eigenvalue weighted by Gasteiger charge is -2.30. The zero-order valence-electron chi connectivity index (χ0n) is 10.3. The van der Waals surface area contributed by atoms with E-state index in [9.17, 15) is 9.90 Å². The van der Waals surface area contributed by atoms with Crippen molar-refractivity contribution < 1.29 is 15.1 Å². The van der Waals surface area contributed by atoms with E-state index < -0.39 is 11.9 Å². The molecule has 2 rings (SSSR count). The van der Waals surface area contributed by atoms with Crippen molar-refractivity contribution in [2.24, 2.45) is 0 Å². The van der Waals surface area contributed by atoms with Crippen molar-refractivity contribution in [3.05, 3.63) is 21.9 Å². The predicted molar refractivity (Wildman–Crippen MR) is 68.8 cm³/mol. The first kappa shape index (κ1) is 13.5. The van der Waals surface area contributed by atoms with E-state index in [1.165, 1.54) is 4.88 Å². The minimum Gasteiger partial charge on any atom is -0.396 e. The Labute approximate surface area is 110 Å². The van der Waals surface area contributed by atoms with Gasteiger partial charge >= 0.3 is 0 Å². The highest BCUT2D eigenvalue weighted by atomic mass is 32.1. The molecule has 0 spiro atoms. The van der Waals surface area contributed by atoms with E-state index >= 15 is 0 Å². The Morgan fingerprint density at radius 1 is 1.67 bits per heavy atom. The topological polar surface area (TPSA) is 72.8 Å². The maximum Gasteiger partial charge on any atom is 0.261 e. The Morgan fingerprint density at radius 3 is 3.11 bits per heavy atom. The van der Waals surface area contributed by atoms with E-state index in [0.29, 0.717) is 6.42 Å². The Kier molecular flexibility index (Phi) is 4.34. The van der Waals surface area contributed by atoms with Gasteiger partial charge in [0.15, 0.2) is 0 Å². The van der Waals surface area contributed by atoms with Crippen molar-refractivity contribution in [1.82, 2.24) is 10.4 Å². The Hall–Kier alpha value is -0.950. The number of fused-ring (bicyclic) bond motifs is 1.